The van der Waals surface area contributed by atoms with E-state index in [1.807, 2.05) is 6.92 Å². The highest BCUT2D eigenvalue weighted by Crippen LogP contribution is 2.36. The number of aromatic nitrogens is 2. The number of amides is 3. The molecule has 2 heterocycles. The first-order valence-corrected chi connectivity index (χ1v) is 10.00. The molecule has 1 saturated heterocycles. The molecule has 1 aliphatic heterocycles. The second-order valence-corrected chi connectivity index (χ2v) is 7.44. The Morgan fingerprint density at radius 3 is 2.58 bits per heavy atom. The molecule has 4 rings (SSSR count). The molecule has 1 atom stereocenters. The minimum Gasteiger partial charge on any atom is -0.321 e. The maximum Gasteiger partial charge on any atom is 0.276 e. The molecule has 0 aliphatic carbocycles. The van der Waals surface area contributed by atoms with Crippen molar-refractivity contribution in [3.05, 3.63) is 77.9 Å². The summed E-state index contributed by atoms with van der Waals surface area (Å²) in [6.07, 6.45) is 2.83. The van der Waals surface area contributed by atoms with Gasteiger partial charge in [-0.05, 0) is 48.7 Å². The van der Waals surface area contributed by atoms with Crippen LogP contribution in [0.3, 0.4) is 0 Å². The number of nitrogens with one attached hydrogen (secondary N) is 2. The van der Waals surface area contributed by atoms with E-state index < -0.39 is 17.1 Å². The van der Waals surface area contributed by atoms with Crippen molar-refractivity contribution < 1.29 is 18.8 Å². The third kappa shape index (κ3) is 3.84. The van der Waals surface area contributed by atoms with E-state index in [0.717, 1.165) is 5.56 Å². The fourth-order valence-corrected chi connectivity index (χ4v) is 3.85. The van der Waals surface area contributed by atoms with Crippen LogP contribution in [0, 0.1) is 5.82 Å². The van der Waals surface area contributed by atoms with Crippen LogP contribution in [0.15, 0.2) is 60.8 Å². The lowest BCUT2D eigenvalue weighted by Crippen LogP contribution is -2.51. The Morgan fingerprint density at radius 1 is 1.16 bits per heavy atom. The fourth-order valence-electron chi connectivity index (χ4n) is 3.85. The van der Waals surface area contributed by atoms with E-state index >= 15 is 0 Å². The number of imide groups is 1. The summed E-state index contributed by atoms with van der Waals surface area (Å²) >= 11 is 0. The average molecular weight is 420 g/mol. The molecule has 3 amide bonds. The van der Waals surface area contributed by atoms with E-state index in [-0.39, 0.29) is 23.2 Å². The van der Waals surface area contributed by atoms with Crippen molar-refractivity contribution in [1.82, 2.24) is 15.1 Å². The molecule has 2 aromatic carbocycles. The number of para-hydroxylation sites is 1. The molecule has 0 radical (unpaired) electrons. The monoisotopic (exact) mass is 420 g/mol. The summed E-state index contributed by atoms with van der Waals surface area (Å²) in [6, 6.07) is 14.7. The summed E-state index contributed by atoms with van der Waals surface area (Å²) in [6.45, 7) is 1.91. The summed E-state index contributed by atoms with van der Waals surface area (Å²) in [4.78, 5) is 36.6. The Kier molecular flexibility index (Phi) is 5.37. The molecule has 0 spiro atoms. The number of nitrogens with zero attached hydrogens (tertiary/aromatic N) is 2. The van der Waals surface area contributed by atoms with Gasteiger partial charge in [-0.1, -0.05) is 31.2 Å². The molecule has 7 nitrogen and oxygen atoms in total. The summed E-state index contributed by atoms with van der Waals surface area (Å²) in [5.74, 6) is -1.42. The maximum atomic E-state index is 13.9. The number of benzene rings is 2. The Balaban J connectivity index is 1.50. The molecule has 1 unspecified atom stereocenters. The zero-order valence-electron chi connectivity index (χ0n) is 16.9. The standard InChI is InChI=1S/C23H21FN4O3/c1-2-23(13-11-20(29)26-22(23)31)15-7-9-16(10-8-15)25-21(30)18-12-14-28(27-18)19-6-4-3-5-17(19)24/h3-10,12,14H,2,11,13H2,1H3,(H,25,30)(H,26,29,31). The number of halogens is 1. The van der Waals surface area contributed by atoms with Crippen molar-refractivity contribution in [2.45, 2.75) is 31.6 Å². The SMILES string of the molecule is CCC1(c2ccc(NC(=O)c3ccn(-c4ccccc4F)n3)cc2)CCC(=O)NC1=O. The molecule has 3 aromatic rings. The van der Waals surface area contributed by atoms with Crippen LogP contribution in [-0.4, -0.2) is 27.5 Å². The third-order valence-electron chi connectivity index (χ3n) is 5.69. The van der Waals surface area contributed by atoms with Gasteiger partial charge in [0.1, 0.15) is 11.5 Å². The molecular weight excluding hydrogens is 399 g/mol. The van der Waals surface area contributed by atoms with Crippen LogP contribution in [0.4, 0.5) is 10.1 Å². The molecule has 2 N–H and O–H groups in total. The summed E-state index contributed by atoms with van der Waals surface area (Å²) in [5, 5.41) is 9.33. The van der Waals surface area contributed by atoms with Crippen molar-refractivity contribution in [3.8, 4) is 5.69 Å². The van der Waals surface area contributed by atoms with Gasteiger partial charge in [-0.15, -0.1) is 0 Å². The van der Waals surface area contributed by atoms with Gasteiger partial charge in [0.05, 0.1) is 5.41 Å². The second kappa shape index (κ2) is 8.14. The smallest absolute Gasteiger partial charge is 0.276 e. The molecule has 1 fully saturated rings. The van der Waals surface area contributed by atoms with Crippen LogP contribution in [0.5, 0.6) is 0 Å². The minimum atomic E-state index is -0.755. The van der Waals surface area contributed by atoms with E-state index in [1.54, 1.807) is 42.5 Å². The number of carbonyl (C=O) groups excluding carboxylic acids is 3. The lowest BCUT2D eigenvalue weighted by Gasteiger charge is -2.35. The van der Waals surface area contributed by atoms with Crippen molar-refractivity contribution in [3.63, 3.8) is 0 Å². The van der Waals surface area contributed by atoms with Gasteiger partial charge in [-0.3, -0.25) is 19.7 Å². The van der Waals surface area contributed by atoms with E-state index in [9.17, 15) is 18.8 Å². The summed E-state index contributed by atoms with van der Waals surface area (Å²) < 4.78 is 15.2. The highest BCUT2D eigenvalue weighted by Gasteiger charge is 2.42. The Hall–Kier alpha value is -3.81. The zero-order valence-corrected chi connectivity index (χ0v) is 16.9. The second-order valence-electron chi connectivity index (χ2n) is 7.44. The van der Waals surface area contributed by atoms with Gasteiger partial charge >= 0.3 is 0 Å². The number of piperidine rings is 1. The predicted molar refractivity (Wildman–Crippen MR) is 112 cm³/mol. The van der Waals surface area contributed by atoms with Crippen molar-refractivity contribution in [1.29, 1.82) is 0 Å². The lowest BCUT2D eigenvalue weighted by molar-refractivity contribution is -0.138. The number of rotatable bonds is 5. The number of hydrogen-bond acceptors (Lipinski definition) is 4. The van der Waals surface area contributed by atoms with Gasteiger partial charge in [0.25, 0.3) is 5.91 Å². The van der Waals surface area contributed by atoms with Gasteiger partial charge in [-0.2, -0.15) is 5.10 Å². The number of hydrogen-bond donors (Lipinski definition) is 2. The molecule has 1 aliphatic rings. The summed E-state index contributed by atoms with van der Waals surface area (Å²) in [7, 11) is 0. The van der Waals surface area contributed by atoms with Crippen molar-refractivity contribution >= 4 is 23.4 Å². The van der Waals surface area contributed by atoms with Gasteiger partial charge in [0.15, 0.2) is 5.69 Å². The minimum absolute atomic E-state index is 0.141. The van der Waals surface area contributed by atoms with E-state index in [1.165, 1.54) is 23.0 Å². The molecular formula is C23H21FN4O3. The Labute approximate surface area is 178 Å². The zero-order chi connectivity index (χ0) is 22.0. The van der Waals surface area contributed by atoms with Crippen LogP contribution in [0.25, 0.3) is 5.69 Å². The molecule has 31 heavy (non-hydrogen) atoms. The van der Waals surface area contributed by atoms with Crippen LogP contribution >= 0.6 is 0 Å². The van der Waals surface area contributed by atoms with Gasteiger partial charge in [-0.25, -0.2) is 9.07 Å². The fraction of sp³-hybridized carbons (Fsp3) is 0.217. The molecule has 0 saturated carbocycles. The third-order valence-corrected chi connectivity index (χ3v) is 5.69. The Morgan fingerprint density at radius 2 is 1.90 bits per heavy atom. The average Bonchev–Trinajstić information content (AvgIpc) is 3.25. The largest absolute Gasteiger partial charge is 0.321 e. The highest BCUT2D eigenvalue weighted by molar-refractivity contribution is 6.04. The first-order valence-electron chi connectivity index (χ1n) is 10.00. The van der Waals surface area contributed by atoms with E-state index in [2.05, 4.69) is 15.7 Å². The lowest BCUT2D eigenvalue weighted by atomic mass is 9.72. The quantitative estimate of drug-likeness (QED) is 0.619. The van der Waals surface area contributed by atoms with E-state index in [0.29, 0.717) is 24.9 Å². The van der Waals surface area contributed by atoms with Crippen LogP contribution < -0.4 is 10.6 Å². The normalized spacial score (nSPS) is 18.5. The first-order chi connectivity index (χ1) is 14.9. The van der Waals surface area contributed by atoms with Gasteiger partial charge in [0.2, 0.25) is 11.8 Å². The molecule has 1 aromatic heterocycles. The van der Waals surface area contributed by atoms with Crippen LogP contribution in [0.2, 0.25) is 0 Å². The highest BCUT2D eigenvalue weighted by atomic mass is 19.1. The molecule has 0 bridgehead atoms. The Bertz CT molecular complexity index is 1160. The molecule has 158 valence electrons. The van der Waals surface area contributed by atoms with E-state index in [4.69, 9.17) is 0 Å². The maximum absolute atomic E-state index is 13.9. The number of carbonyl (C=O) groups is 3. The summed E-state index contributed by atoms with van der Waals surface area (Å²) in [5.41, 5.74) is 0.965. The van der Waals surface area contributed by atoms with Gasteiger partial charge < -0.3 is 5.32 Å². The van der Waals surface area contributed by atoms with Crippen LogP contribution in [0.1, 0.15) is 42.2 Å². The van der Waals surface area contributed by atoms with Crippen molar-refractivity contribution in [2.24, 2.45) is 0 Å². The van der Waals surface area contributed by atoms with Crippen LogP contribution in [-0.2, 0) is 15.0 Å². The van der Waals surface area contributed by atoms with Crippen molar-refractivity contribution in [2.75, 3.05) is 5.32 Å². The first kappa shape index (κ1) is 20.5. The number of anilines is 1. The predicted octanol–water partition coefficient (Wildman–Crippen LogP) is 3.35. The van der Waals surface area contributed by atoms with Gasteiger partial charge in [0, 0.05) is 18.3 Å². The molecule has 8 heteroatoms. The topological polar surface area (TPSA) is 93.1 Å².